The van der Waals surface area contributed by atoms with Crippen LogP contribution in [0.2, 0.25) is 0 Å². The van der Waals surface area contributed by atoms with Gasteiger partial charge in [-0.05, 0) is 63.9 Å². The van der Waals surface area contributed by atoms with Crippen molar-refractivity contribution in [1.29, 1.82) is 0 Å². The lowest BCUT2D eigenvalue weighted by Crippen LogP contribution is -2.24. The zero-order valence-corrected chi connectivity index (χ0v) is 13.6. The van der Waals surface area contributed by atoms with Gasteiger partial charge in [0.05, 0.1) is 0 Å². The zero-order chi connectivity index (χ0) is 14.6. The van der Waals surface area contributed by atoms with Gasteiger partial charge in [0, 0.05) is 18.8 Å². The molecule has 20 heavy (non-hydrogen) atoms. The third kappa shape index (κ3) is 6.95. The smallest absolute Gasteiger partial charge is 0.0368 e. The van der Waals surface area contributed by atoms with Crippen molar-refractivity contribution in [2.24, 2.45) is 0 Å². The summed E-state index contributed by atoms with van der Waals surface area (Å²) >= 11 is 0. The fourth-order valence-electron chi connectivity index (χ4n) is 2.50. The van der Waals surface area contributed by atoms with E-state index < -0.39 is 0 Å². The molecule has 0 fully saturated rings. The summed E-state index contributed by atoms with van der Waals surface area (Å²) in [6.45, 7) is 11.3. The molecule has 0 spiro atoms. The molecule has 0 saturated carbocycles. The summed E-state index contributed by atoms with van der Waals surface area (Å²) < 4.78 is 0. The molecule has 0 aliphatic rings. The summed E-state index contributed by atoms with van der Waals surface area (Å²) in [5, 5.41) is 3.47. The number of hydrogen-bond acceptors (Lipinski definition) is 2. The molecule has 0 saturated heterocycles. The van der Waals surface area contributed by atoms with Crippen molar-refractivity contribution in [2.45, 2.75) is 52.9 Å². The Morgan fingerprint density at radius 1 is 1.00 bits per heavy atom. The number of unbranched alkanes of at least 4 members (excludes halogenated alkanes) is 3. The van der Waals surface area contributed by atoms with Crippen LogP contribution in [0.1, 0.15) is 51.5 Å². The number of anilines is 1. The molecule has 2 heteroatoms. The molecular formula is C18H32N2. The van der Waals surface area contributed by atoms with E-state index in [1.165, 1.54) is 56.4 Å². The van der Waals surface area contributed by atoms with Crippen LogP contribution in [0.25, 0.3) is 0 Å². The molecule has 0 bridgehead atoms. The van der Waals surface area contributed by atoms with Gasteiger partial charge in [-0.25, -0.2) is 0 Å². The van der Waals surface area contributed by atoms with Crippen LogP contribution in [-0.2, 0) is 0 Å². The Kier molecular flexibility index (Phi) is 9.14. The molecule has 1 aromatic rings. The summed E-state index contributed by atoms with van der Waals surface area (Å²) in [5.41, 5.74) is 2.72. The minimum Gasteiger partial charge on any atom is -0.372 e. The van der Waals surface area contributed by atoms with E-state index in [1.807, 2.05) is 0 Å². The van der Waals surface area contributed by atoms with Gasteiger partial charge in [-0.1, -0.05) is 31.9 Å². The summed E-state index contributed by atoms with van der Waals surface area (Å²) in [4.78, 5) is 2.49. The highest BCUT2D eigenvalue weighted by atomic mass is 15.1. The highest BCUT2D eigenvalue weighted by molar-refractivity contribution is 5.48. The molecule has 0 aliphatic carbocycles. The molecule has 114 valence electrons. The molecular weight excluding hydrogens is 244 g/mol. The lowest BCUT2D eigenvalue weighted by Gasteiger charge is -2.23. The van der Waals surface area contributed by atoms with Crippen LogP contribution in [0.15, 0.2) is 24.3 Å². The highest BCUT2D eigenvalue weighted by Gasteiger charge is 2.03. The second-order valence-electron chi connectivity index (χ2n) is 5.58. The first-order chi connectivity index (χ1) is 9.77. The SMILES string of the molecule is CCCNCCCCCCN(CC)c1cccc(C)c1. The van der Waals surface area contributed by atoms with E-state index >= 15 is 0 Å². The largest absolute Gasteiger partial charge is 0.372 e. The second-order valence-corrected chi connectivity index (χ2v) is 5.58. The van der Waals surface area contributed by atoms with Crippen molar-refractivity contribution in [2.75, 3.05) is 31.1 Å². The predicted octanol–water partition coefficient (Wildman–Crippen LogP) is 4.38. The molecule has 2 nitrogen and oxygen atoms in total. The number of benzene rings is 1. The van der Waals surface area contributed by atoms with Crippen LogP contribution >= 0.6 is 0 Å². The van der Waals surface area contributed by atoms with E-state index in [2.05, 4.69) is 55.3 Å². The standard InChI is InChI=1S/C18H32N2/c1-4-13-19-14-8-6-7-9-15-20(5-2)18-12-10-11-17(3)16-18/h10-12,16,19H,4-9,13-15H2,1-3H3. The maximum atomic E-state index is 3.47. The first-order valence-corrected chi connectivity index (χ1v) is 8.30. The summed E-state index contributed by atoms with van der Waals surface area (Å²) in [6.07, 6.45) is 6.55. The molecule has 0 aliphatic heterocycles. The predicted molar refractivity (Wildman–Crippen MR) is 90.7 cm³/mol. The van der Waals surface area contributed by atoms with Gasteiger partial charge >= 0.3 is 0 Å². The third-order valence-corrected chi connectivity index (χ3v) is 3.71. The van der Waals surface area contributed by atoms with Gasteiger partial charge in [0.15, 0.2) is 0 Å². The molecule has 1 N–H and O–H groups in total. The lowest BCUT2D eigenvalue weighted by molar-refractivity contribution is 0.581. The fourth-order valence-corrected chi connectivity index (χ4v) is 2.50. The normalized spacial score (nSPS) is 10.8. The van der Waals surface area contributed by atoms with E-state index in [9.17, 15) is 0 Å². The van der Waals surface area contributed by atoms with Crippen LogP contribution in [0, 0.1) is 6.92 Å². The first kappa shape index (κ1) is 17.0. The summed E-state index contributed by atoms with van der Waals surface area (Å²) in [6, 6.07) is 8.84. The van der Waals surface area contributed by atoms with Gasteiger partial charge in [-0.3, -0.25) is 0 Å². The molecule has 0 radical (unpaired) electrons. The van der Waals surface area contributed by atoms with Crippen molar-refractivity contribution in [3.05, 3.63) is 29.8 Å². The molecule has 1 aromatic carbocycles. The number of nitrogens with one attached hydrogen (secondary N) is 1. The molecule has 0 aromatic heterocycles. The molecule has 0 unspecified atom stereocenters. The van der Waals surface area contributed by atoms with Crippen molar-refractivity contribution in [3.8, 4) is 0 Å². The van der Waals surface area contributed by atoms with Crippen molar-refractivity contribution >= 4 is 5.69 Å². The Morgan fingerprint density at radius 2 is 1.80 bits per heavy atom. The first-order valence-electron chi connectivity index (χ1n) is 8.30. The summed E-state index contributed by atoms with van der Waals surface area (Å²) in [7, 11) is 0. The van der Waals surface area contributed by atoms with E-state index in [0.717, 1.165) is 13.1 Å². The van der Waals surface area contributed by atoms with Gasteiger partial charge < -0.3 is 10.2 Å². The van der Waals surface area contributed by atoms with E-state index in [-0.39, 0.29) is 0 Å². The molecule has 0 amide bonds. The highest BCUT2D eigenvalue weighted by Crippen LogP contribution is 2.16. The maximum absolute atomic E-state index is 3.47. The minimum atomic E-state index is 1.10. The Morgan fingerprint density at radius 3 is 2.50 bits per heavy atom. The van der Waals surface area contributed by atoms with E-state index in [1.54, 1.807) is 0 Å². The number of aryl methyl sites for hydroxylation is 1. The maximum Gasteiger partial charge on any atom is 0.0368 e. The minimum absolute atomic E-state index is 1.10. The van der Waals surface area contributed by atoms with Crippen molar-refractivity contribution < 1.29 is 0 Å². The molecule has 0 atom stereocenters. The van der Waals surface area contributed by atoms with Crippen LogP contribution in [0.5, 0.6) is 0 Å². The van der Waals surface area contributed by atoms with Crippen molar-refractivity contribution in [1.82, 2.24) is 5.32 Å². The second kappa shape index (κ2) is 10.7. The zero-order valence-electron chi connectivity index (χ0n) is 13.6. The number of nitrogens with zero attached hydrogens (tertiary/aromatic N) is 1. The average Bonchev–Trinajstić information content (AvgIpc) is 2.46. The topological polar surface area (TPSA) is 15.3 Å². The van der Waals surface area contributed by atoms with Gasteiger partial charge in [-0.15, -0.1) is 0 Å². The monoisotopic (exact) mass is 276 g/mol. The lowest BCUT2D eigenvalue weighted by atomic mass is 10.1. The molecule has 1 rings (SSSR count). The quantitative estimate of drug-likeness (QED) is 0.603. The Labute approximate surface area is 125 Å². The van der Waals surface area contributed by atoms with Gasteiger partial charge in [0.25, 0.3) is 0 Å². The van der Waals surface area contributed by atoms with Gasteiger partial charge in [-0.2, -0.15) is 0 Å². The van der Waals surface area contributed by atoms with Crippen LogP contribution in [-0.4, -0.2) is 26.2 Å². The van der Waals surface area contributed by atoms with Crippen LogP contribution in [0.4, 0.5) is 5.69 Å². The van der Waals surface area contributed by atoms with E-state index in [0.29, 0.717) is 0 Å². The van der Waals surface area contributed by atoms with E-state index in [4.69, 9.17) is 0 Å². The van der Waals surface area contributed by atoms with Crippen LogP contribution in [0.3, 0.4) is 0 Å². The Bertz CT molecular complexity index is 349. The van der Waals surface area contributed by atoms with Gasteiger partial charge in [0.2, 0.25) is 0 Å². The number of rotatable bonds is 11. The Balaban J connectivity index is 2.16. The Hall–Kier alpha value is -1.02. The molecule has 0 heterocycles. The number of hydrogen-bond donors (Lipinski definition) is 1. The third-order valence-electron chi connectivity index (χ3n) is 3.71. The summed E-state index contributed by atoms with van der Waals surface area (Å²) in [5.74, 6) is 0. The average molecular weight is 276 g/mol. The fraction of sp³-hybridized carbons (Fsp3) is 0.667. The van der Waals surface area contributed by atoms with Gasteiger partial charge in [0.1, 0.15) is 0 Å². The van der Waals surface area contributed by atoms with Crippen LogP contribution < -0.4 is 10.2 Å². The van der Waals surface area contributed by atoms with Crippen molar-refractivity contribution in [3.63, 3.8) is 0 Å².